The molecule has 0 N–H and O–H groups in total. The van der Waals surface area contributed by atoms with Gasteiger partial charge < -0.3 is 0 Å². The second-order valence-electron chi connectivity index (χ2n) is 2.21. The van der Waals surface area contributed by atoms with E-state index >= 15 is 0 Å². The molecule has 0 nitrogen and oxygen atoms in total. The summed E-state index contributed by atoms with van der Waals surface area (Å²) in [5, 5.41) is 0. The maximum atomic E-state index is 5.24. The molecule has 0 atom stereocenters. The van der Waals surface area contributed by atoms with Crippen LogP contribution < -0.4 is 0 Å². The molecule has 1 rings (SSSR count). The summed E-state index contributed by atoms with van der Waals surface area (Å²) in [7, 11) is 0. The molecule has 0 aromatic rings. The van der Waals surface area contributed by atoms with Crippen LogP contribution >= 0.6 is 0 Å². The minimum Gasteiger partial charge on any atom is -0.115 e. The van der Waals surface area contributed by atoms with E-state index in [9.17, 15) is 0 Å². The van der Waals surface area contributed by atoms with Crippen molar-refractivity contribution in [2.45, 2.75) is 19.3 Å². The van der Waals surface area contributed by atoms with Crippen LogP contribution in [-0.2, 0) is 0 Å². The van der Waals surface area contributed by atoms with E-state index < -0.39 is 0 Å². The summed E-state index contributed by atoms with van der Waals surface area (Å²) in [4.78, 5) is 0. The van der Waals surface area contributed by atoms with Crippen molar-refractivity contribution >= 4 is 0 Å². The van der Waals surface area contributed by atoms with E-state index in [1.54, 1.807) is 0 Å². The van der Waals surface area contributed by atoms with Gasteiger partial charge >= 0.3 is 0 Å². The summed E-state index contributed by atoms with van der Waals surface area (Å²) in [6.45, 7) is 3.69. The summed E-state index contributed by atoms with van der Waals surface area (Å²) in [5.74, 6) is 2.67. The van der Waals surface area contributed by atoms with Crippen molar-refractivity contribution in [1.82, 2.24) is 0 Å². The molecule has 0 heteroatoms. The fraction of sp³-hybridized carbons (Fsp3) is 0.333. The number of rotatable bonds is 1. The first-order valence-electron chi connectivity index (χ1n) is 3.19. The Morgan fingerprint density at radius 1 is 1.56 bits per heavy atom. The Morgan fingerprint density at radius 2 is 2.33 bits per heavy atom. The highest BCUT2D eigenvalue weighted by Gasteiger charge is 2.08. The van der Waals surface area contributed by atoms with E-state index in [0.717, 1.165) is 18.4 Å². The van der Waals surface area contributed by atoms with Crippen molar-refractivity contribution in [3.8, 4) is 12.3 Å². The van der Waals surface area contributed by atoms with E-state index in [1.807, 2.05) is 6.08 Å². The summed E-state index contributed by atoms with van der Waals surface area (Å²) in [5.41, 5.74) is 2.43. The van der Waals surface area contributed by atoms with Crippen LogP contribution in [0.15, 0.2) is 23.8 Å². The minimum atomic E-state index is 1.08. The van der Waals surface area contributed by atoms with Crippen LogP contribution in [0.5, 0.6) is 0 Å². The first-order chi connectivity index (χ1) is 4.38. The van der Waals surface area contributed by atoms with Gasteiger partial charge in [0.15, 0.2) is 0 Å². The van der Waals surface area contributed by atoms with E-state index in [1.165, 1.54) is 12.0 Å². The van der Waals surface area contributed by atoms with Crippen LogP contribution in [0.25, 0.3) is 0 Å². The zero-order valence-electron chi connectivity index (χ0n) is 5.48. The van der Waals surface area contributed by atoms with E-state index in [0.29, 0.717) is 0 Å². The van der Waals surface area contributed by atoms with Crippen LogP contribution in [0.2, 0.25) is 0 Å². The first-order valence-corrected chi connectivity index (χ1v) is 3.19. The molecule has 0 radical (unpaired) electrons. The van der Waals surface area contributed by atoms with Crippen LogP contribution in [0, 0.1) is 12.3 Å². The quantitative estimate of drug-likeness (QED) is 0.463. The van der Waals surface area contributed by atoms with Gasteiger partial charge in [0.25, 0.3) is 0 Å². The largest absolute Gasteiger partial charge is 0.115 e. The van der Waals surface area contributed by atoms with Crippen LogP contribution in [0.4, 0.5) is 0 Å². The van der Waals surface area contributed by atoms with Crippen molar-refractivity contribution in [3.63, 3.8) is 0 Å². The Kier molecular flexibility index (Phi) is 1.75. The number of allylic oxidation sites excluding steroid dienone is 3. The molecule has 0 bridgehead atoms. The molecule has 0 saturated heterocycles. The van der Waals surface area contributed by atoms with Crippen LogP contribution in [0.3, 0.4) is 0 Å². The highest BCUT2D eigenvalue weighted by Crippen LogP contribution is 2.25. The number of terminal acetylenes is 1. The molecule has 0 aromatic carbocycles. The molecule has 1 aliphatic carbocycles. The highest BCUT2D eigenvalue weighted by molar-refractivity contribution is 5.39. The molecule has 9 heavy (non-hydrogen) atoms. The average Bonchev–Trinajstić information content (AvgIpc) is 2.33. The lowest BCUT2D eigenvalue weighted by Gasteiger charge is -1.89. The first kappa shape index (κ1) is 6.16. The van der Waals surface area contributed by atoms with Crippen LogP contribution in [0.1, 0.15) is 19.3 Å². The zero-order chi connectivity index (χ0) is 6.69. The monoisotopic (exact) mass is 118 g/mol. The zero-order valence-corrected chi connectivity index (χ0v) is 5.48. The molecule has 0 saturated carbocycles. The number of hydrogen-bond acceptors (Lipinski definition) is 0. The van der Waals surface area contributed by atoms with E-state index in [4.69, 9.17) is 6.42 Å². The van der Waals surface area contributed by atoms with Gasteiger partial charge in [-0.25, -0.2) is 0 Å². The predicted octanol–water partition coefficient (Wildman–Crippen LogP) is 2.29. The average molecular weight is 118 g/mol. The second-order valence-corrected chi connectivity index (χ2v) is 2.21. The summed E-state index contributed by atoms with van der Waals surface area (Å²) < 4.78 is 0. The van der Waals surface area contributed by atoms with E-state index in [-0.39, 0.29) is 0 Å². The van der Waals surface area contributed by atoms with Crippen molar-refractivity contribution in [1.29, 1.82) is 0 Å². The fourth-order valence-corrected chi connectivity index (χ4v) is 1.16. The smallest absolute Gasteiger partial charge is 0.00495 e. The SMILES string of the molecule is C#CC1=C(C=C)CCC1. The molecule has 0 aliphatic heterocycles. The molecule has 0 fully saturated rings. The van der Waals surface area contributed by atoms with E-state index in [2.05, 4.69) is 12.5 Å². The summed E-state index contributed by atoms with van der Waals surface area (Å²) in [6.07, 6.45) is 10.5. The standard InChI is InChI=1S/C9H10/c1-3-8-6-5-7-9(8)4-2/h1,4H,2,5-7H2. The van der Waals surface area contributed by atoms with Gasteiger partial charge in [-0.05, 0) is 24.8 Å². The van der Waals surface area contributed by atoms with Crippen molar-refractivity contribution in [3.05, 3.63) is 23.8 Å². The maximum Gasteiger partial charge on any atom is 0.00495 e. The van der Waals surface area contributed by atoms with Gasteiger partial charge in [-0.2, -0.15) is 0 Å². The van der Waals surface area contributed by atoms with Gasteiger partial charge in [0.2, 0.25) is 0 Å². The number of hydrogen-bond donors (Lipinski definition) is 0. The molecule has 0 spiro atoms. The molecule has 1 aliphatic rings. The van der Waals surface area contributed by atoms with Crippen molar-refractivity contribution < 1.29 is 0 Å². The second kappa shape index (κ2) is 2.55. The molecule has 0 heterocycles. The normalized spacial score (nSPS) is 17.7. The lowest BCUT2D eigenvalue weighted by molar-refractivity contribution is 0.909. The lowest BCUT2D eigenvalue weighted by atomic mass is 10.2. The third-order valence-electron chi connectivity index (χ3n) is 1.68. The van der Waals surface area contributed by atoms with Gasteiger partial charge in [0, 0.05) is 5.57 Å². The Balaban J connectivity index is 2.85. The maximum absolute atomic E-state index is 5.24. The van der Waals surface area contributed by atoms with Gasteiger partial charge in [-0.15, -0.1) is 6.42 Å². The van der Waals surface area contributed by atoms with Gasteiger partial charge in [0.05, 0.1) is 0 Å². The lowest BCUT2D eigenvalue weighted by Crippen LogP contribution is -1.72. The topological polar surface area (TPSA) is 0 Å². The Morgan fingerprint density at radius 3 is 2.78 bits per heavy atom. The molecule has 0 unspecified atom stereocenters. The predicted molar refractivity (Wildman–Crippen MR) is 39.9 cm³/mol. The van der Waals surface area contributed by atoms with Crippen molar-refractivity contribution in [2.24, 2.45) is 0 Å². The molecule has 0 amide bonds. The van der Waals surface area contributed by atoms with Gasteiger partial charge in [-0.1, -0.05) is 18.6 Å². The minimum absolute atomic E-state index is 1.08. The molecule has 46 valence electrons. The van der Waals surface area contributed by atoms with Gasteiger partial charge in [0.1, 0.15) is 0 Å². The fourth-order valence-electron chi connectivity index (χ4n) is 1.16. The van der Waals surface area contributed by atoms with Crippen LogP contribution in [-0.4, -0.2) is 0 Å². The van der Waals surface area contributed by atoms with Crippen molar-refractivity contribution in [2.75, 3.05) is 0 Å². The third kappa shape index (κ3) is 1.05. The Labute approximate surface area is 56.3 Å². The summed E-state index contributed by atoms with van der Waals surface area (Å²) >= 11 is 0. The third-order valence-corrected chi connectivity index (χ3v) is 1.68. The molecule has 0 aromatic heterocycles. The summed E-state index contributed by atoms with van der Waals surface area (Å²) in [6, 6.07) is 0. The Bertz CT molecular complexity index is 189. The Hall–Kier alpha value is -0.960. The molecular formula is C9H10. The van der Waals surface area contributed by atoms with Gasteiger partial charge in [-0.3, -0.25) is 0 Å². The molecular weight excluding hydrogens is 108 g/mol. The highest BCUT2D eigenvalue weighted by atomic mass is 14.1.